The highest BCUT2D eigenvalue weighted by molar-refractivity contribution is 6.10. The topological polar surface area (TPSA) is 51.8 Å². The molecule has 1 aliphatic carbocycles. The van der Waals surface area contributed by atoms with Crippen LogP contribution in [0.15, 0.2) is 144 Å². The van der Waals surface area contributed by atoms with Gasteiger partial charge >= 0.3 is 0 Å². The fourth-order valence-corrected chi connectivity index (χ4v) is 6.97. The lowest BCUT2D eigenvalue weighted by Gasteiger charge is -2.22. The maximum atomic E-state index is 6.68. The quantitative estimate of drug-likeness (QED) is 0.204. The summed E-state index contributed by atoms with van der Waals surface area (Å²) < 4.78 is 6.68. The predicted octanol–water partition coefficient (Wildman–Crippen LogP) is 10.7. The smallest absolute Gasteiger partial charge is 0.167 e. The van der Waals surface area contributed by atoms with Gasteiger partial charge in [-0.1, -0.05) is 129 Å². The first-order chi connectivity index (χ1) is 22.5. The Kier molecular flexibility index (Phi) is 5.81. The highest BCUT2D eigenvalue weighted by atomic mass is 16.3. The van der Waals surface area contributed by atoms with E-state index in [2.05, 4.69) is 86.6 Å². The van der Waals surface area contributed by atoms with Gasteiger partial charge in [0.1, 0.15) is 11.2 Å². The molecule has 218 valence electrons. The number of hydrogen-bond acceptors (Lipinski definition) is 4. The number of aromatic nitrogens is 3. The van der Waals surface area contributed by atoms with Gasteiger partial charge in [0.05, 0.1) is 5.56 Å². The van der Waals surface area contributed by atoms with Gasteiger partial charge in [-0.3, -0.25) is 0 Å². The molecule has 0 atom stereocenters. The maximum absolute atomic E-state index is 6.68. The molecule has 0 spiro atoms. The van der Waals surface area contributed by atoms with E-state index in [0.29, 0.717) is 17.5 Å². The van der Waals surface area contributed by atoms with Gasteiger partial charge < -0.3 is 4.42 Å². The average molecular weight is 592 g/mol. The van der Waals surface area contributed by atoms with Gasteiger partial charge in [0, 0.05) is 27.3 Å². The average Bonchev–Trinajstić information content (AvgIpc) is 3.60. The van der Waals surface area contributed by atoms with E-state index in [-0.39, 0.29) is 5.41 Å². The molecule has 0 aliphatic heterocycles. The summed E-state index contributed by atoms with van der Waals surface area (Å²) in [7, 11) is 0. The molecule has 0 saturated heterocycles. The van der Waals surface area contributed by atoms with E-state index in [0.717, 1.165) is 44.2 Å². The van der Waals surface area contributed by atoms with Gasteiger partial charge in [-0.05, 0) is 57.6 Å². The lowest BCUT2D eigenvalue weighted by atomic mass is 9.81. The Hall–Kier alpha value is -5.87. The largest absolute Gasteiger partial charge is 0.455 e. The monoisotopic (exact) mass is 591 g/mol. The zero-order valence-electron chi connectivity index (χ0n) is 25.5. The number of fused-ring (bicyclic) bond motifs is 6. The van der Waals surface area contributed by atoms with Crippen molar-refractivity contribution in [1.29, 1.82) is 0 Å². The molecule has 0 bridgehead atoms. The maximum Gasteiger partial charge on any atom is 0.167 e. The molecular weight excluding hydrogens is 562 g/mol. The van der Waals surface area contributed by atoms with Crippen LogP contribution in [0, 0.1) is 0 Å². The first kappa shape index (κ1) is 26.5. The van der Waals surface area contributed by atoms with Crippen LogP contribution in [0.25, 0.3) is 78.4 Å². The molecule has 0 N–H and O–H groups in total. The summed E-state index contributed by atoms with van der Waals surface area (Å²) in [5.41, 5.74) is 12.0. The van der Waals surface area contributed by atoms with E-state index in [1.54, 1.807) is 0 Å². The molecule has 2 aromatic heterocycles. The number of nitrogens with zero attached hydrogens (tertiary/aromatic N) is 3. The van der Waals surface area contributed by atoms with Crippen LogP contribution in [0.5, 0.6) is 0 Å². The molecule has 6 aromatic carbocycles. The van der Waals surface area contributed by atoms with E-state index in [1.807, 2.05) is 66.7 Å². The third-order valence-corrected chi connectivity index (χ3v) is 9.36. The predicted molar refractivity (Wildman–Crippen MR) is 186 cm³/mol. The Balaban J connectivity index is 1.18. The molecule has 0 amide bonds. The Morgan fingerprint density at radius 1 is 0.435 bits per heavy atom. The van der Waals surface area contributed by atoms with Crippen LogP contribution >= 0.6 is 0 Å². The van der Waals surface area contributed by atoms with Gasteiger partial charge in [0.2, 0.25) is 0 Å². The number of para-hydroxylation sites is 1. The summed E-state index contributed by atoms with van der Waals surface area (Å²) in [6.07, 6.45) is 0. The zero-order chi connectivity index (χ0) is 30.8. The van der Waals surface area contributed by atoms with Crippen LogP contribution in [0.2, 0.25) is 0 Å². The standard InChI is InChI=1S/C42H29N3O/c1-42(2)35-19-10-9-16-30(35)31-22-20-28(24-36(31)42)29-21-23-32-33-17-11-18-34(38(33)46-37(32)25-29)41-44-39(26-12-5-3-6-13-26)43-40(45-41)27-14-7-4-8-15-27/h3-25H,1-2H3. The van der Waals surface area contributed by atoms with Crippen LogP contribution in [-0.2, 0) is 5.41 Å². The summed E-state index contributed by atoms with van der Waals surface area (Å²) in [6, 6.07) is 48.4. The normalized spacial score (nSPS) is 13.2. The van der Waals surface area contributed by atoms with Crippen LogP contribution in [-0.4, -0.2) is 15.0 Å². The fourth-order valence-electron chi connectivity index (χ4n) is 6.97. The SMILES string of the molecule is CC1(C)c2ccccc2-c2ccc(-c3ccc4c(c3)oc3c(-c5nc(-c6ccccc6)nc(-c6ccccc6)n5)cccc34)cc21. The molecule has 8 aromatic rings. The van der Waals surface area contributed by atoms with Gasteiger partial charge in [0.25, 0.3) is 0 Å². The highest BCUT2D eigenvalue weighted by Crippen LogP contribution is 2.49. The second-order valence-electron chi connectivity index (χ2n) is 12.5. The third-order valence-electron chi connectivity index (χ3n) is 9.36. The van der Waals surface area contributed by atoms with E-state index in [4.69, 9.17) is 19.4 Å². The van der Waals surface area contributed by atoms with Crippen LogP contribution in [0.1, 0.15) is 25.0 Å². The molecule has 0 unspecified atom stereocenters. The summed E-state index contributed by atoms with van der Waals surface area (Å²) in [5, 5.41) is 2.10. The van der Waals surface area contributed by atoms with Crippen LogP contribution in [0.3, 0.4) is 0 Å². The summed E-state index contributed by atoms with van der Waals surface area (Å²) in [5.74, 6) is 1.83. The van der Waals surface area contributed by atoms with Crippen molar-refractivity contribution in [2.24, 2.45) is 0 Å². The van der Waals surface area contributed by atoms with Crippen LogP contribution in [0.4, 0.5) is 0 Å². The molecule has 9 rings (SSSR count). The molecule has 4 heteroatoms. The minimum absolute atomic E-state index is 0.0535. The highest BCUT2D eigenvalue weighted by Gasteiger charge is 2.35. The molecule has 0 fully saturated rings. The molecular formula is C42H29N3O. The molecule has 0 radical (unpaired) electrons. The van der Waals surface area contributed by atoms with Gasteiger partial charge in [0.15, 0.2) is 17.5 Å². The van der Waals surface area contributed by atoms with Crippen molar-refractivity contribution in [2.45, 2.75) is 19.3 Å². The third kappa shape index (κ3) is 4.11. The Bertz CT molecular complexity index is 2380. The van der Waals surface area contributed by atoms with E-state index in [9.17, 15) is 0 Å². The molecule has 46 heavy (non-hydrogen) atoms. The van der Waals surface area contributed by atoms with Crippen molar-refractivity contribution >= 4 is 21.9 Å². The number of furan rings is 1. The van der Waals surface area contributed by atoms with Crippen molar-refractivity contribution in [3.63, 3.8) is 0 Å². The van der Waals surface area contributed by atoms with E-state index >= 15 is 0 Å². The first-order valence-corrected chi connectivity index (χ1v) is 15.6. The van der Waals surface area contributed by atoms with Crippen molar-refractivity contribution in [3.05, 3.63) is 151 Å². The van der Waals surface area contributed by atoms with Crippen LogP contribution < -0.4 is 0 Å². The minimum Gasteiger partial charge on any atom is -0.455 e. The lowest BCUT2D eigenvalue weighted by molar-refractivity contribution is 0.660. The molecule has 2 heterocycles. The molecule has 1 aliphatic rings. The van der Waals surface area contributed by atoms with Gasteiger partial charge in [-0.2, -0.15) is 0 Å². The molecule has 4 nitrogen and oxygen atoms in total. The first-order valence-electron chi connectivity index (χ1n) is 15.6. The van der Waals surface area contributed by atoms with Gasteiger partial charge in [-0.25, -0.2) is 15.0 Å². The van der Waals surface area contributed by atoms with Gasteiger partial charge in [-0.15, -0.1) is 0 Å². The summed E-state index contributed by atoms with van der Waals surface area (Å²) in [6.45, 7) is 4.64. The summed E-state index contributed by atoms with van der Waals surface area (Å²) in [4.78, 5) is 14.8. The number of rotatable bonds is 4. The van der Waals surface area contributed by atoms with Crippen molar-refractivity contribution in [1.82, 2.24) is 15.0 Å². The fraction of sp³-hybridized carbons (Fsp3) is 0.0714. The number of benzene rings is 6. The van der Waals surface area contributed by atoms with Crippen molar-refractivity contribution in [3.8, 4) is 56.4 Å². The minimum atomic E-state index is -0.0535. The molecule has 0 saturated carbocycles. The van der Waals surface area contributed by atoms with E-state index < -0.39 is 0 Å². The Morgan fingerprint density at radius 3 is 1.76 bits per heavy atom. The number of hydrogen-bond donors (Lipinski definition) is 0. The second kappa shape index (κ2) is 10.1. The van der Waals surface area contributed by atoms with Crippen molar-refractivity contribution < 1.29 is 4.42 Å². The van der Waals surface area contributed by atoms with Crippen molar-refractivity contribution in [2.75, 3.05) is 0 Å². The lowest BCUT2D eigenvalue weighted by Crippen LogP contribution is -2.14. The zero-order valence-corrected chi connectivity index (χ0v) is 25.5. The summed E-state index contributed by atoms with van der Waals surface area (Å²) >= 11 is 0. The Labute approximate surface area is 267 Å². The van der Waals surface area contributed by atoms with E-state index in [1.165, 1.54) is 27.8 Å². The Morgan fingerprint density at radius 2 is 1.02 bits per heavy atom. The second-order valence-corrected chi connectivity index (χ2v) is 12.5.